The summed E-state index contributed by atoms with van der Waals surface area (Å²) in [6, 6.07) is 16.2. The number of hydrogen-bond acceptors (Lipinski definition) is 6. The summed E-state index contributed by atoms with van der Waals surface area (Å²) in [6.07, 6.45) is 0. The summed E-state index contributed by atoms with van der Waals surface area (Å²) in [4.78, 5) is 24.0. The first-order valence-electron chi connectivity index (χ1n) is 9.70. The van der Waals surface area contributed by atoms with Gasteiger partial charge in [0.05, 0.1) is 23.0 Å². The Morgan fingerprint density at radius 3 is 2.62 bits per heavy atom. The number of nitrogens with one attached hydrogen (secondary N) is 2. The van der Waals surface area contributed by atoms with Gasteiger partial charge in [-0.1, -0.05) is 30.3 Å². The molecule has 0 radical (unpaired) electrons. The van der Waals surface area contributed by atoms with Crippen LogP contribution < -0.4 is 15.9 Å². The van der Waals surface area contributed by atoms with E-state index >= 15 is 0 Å². The van der Waals surface area contributed by atoms with Crippen LogP contribution in [0.5, 0.6) is 5.75 Å². The summed E-state index contributed by atoms with van der Waals surface area (Å²) in [7, 11) is 0. The molecule has 1 atom stereocenters. The maximum absolute atomic E-state index is 13.5. The summed E-state index contributed by atoms with van der Waals surface area (Å²) in [6.45, 7) is 1.73. The van der Waals surface area contributed by atoms with Gasteiger partial charge in [-0.3, -0.25) is 10.2 Å². The standard InChI is InChI=1S/C23H19FN4O4/c1-13-20(22(30)28(27-13)17-8-3-7-16(24)12-17)26-25-19-10-4-9-18(21(19)29)14-5-2-6-15(11-14)23(31)32/h2-13,25,27,29H,1H3,(H,31,32). The van der Waals surface area contributed by atoms with Crippen LogP contribution in [-0.4, -0.2) is 33.8 Å². The quantitative estimate of drug-likeness (QED) is 0.360. The topological polar surface area (TPSA) is 114 Å². The number of benzene rings is 3. The van der Waals surface area contributed by atoms with E-state index in [0.717, 1.165) is 0 Å². The molecule has 1 saturated heterocycles. The van der Waals surface area contributed by atoms with E-state index in [1.165, 1.54) is 35.3 Å². The van der Waals surface area contributed by atoms with Crippen LogP contribution in [0.1, 0.15) is 17.3 Å². The van der Waals surface area contributed by atoms with E-state index in [4.69, 9.17) is 0 Å². The third kappa shape index (κ3) is 4.01. The third-order valence-corrected chi connectivity index (χ3v) is 4.97. The van der Waals surface area contributed by atoms with Gasteiger partial charge < -0.3 is 10.2 Å². The Bertz CT molecular complexity index is 1240. The first kappa shape index (κ1) is 21.0. The van der Waals surface area contributed by atoms with E-state index in [9.17, 15) is 24.2 Å². The zero-order valence-corrected chi connectivity index (χ0v) is 16.9. The van der Waals surface area contributed by atoms with Gasteiger partial charge in [0.15, 0.2) is 0 Å². The Balaban J connectivity index is 1.60. The van der Waals surface area contributed by atoms with Gasteiger partial charge in [-0.25, -0.2) is 19.6 Å². The molecule has 3 aromatic rings. The molecule has 9 heteroatoms. The second-order valence-electron chi connectivity index (χ2n) is 7.17. The van der Waals surface area contributed by atoms with Crippen LogP contribution in [0.3, 0.4) is 0 Å². The molecule has 0 aliphatic carbocycles. The second kappa shape index (κ2) is 8.48. The molecule has 1 aliphatic heterocycles. The number of para-hydroxylation sites is 1. The maximum Gasteiger partial charge on any atom is 0.335 e. The number of phenolic OH excluding ortho intramolecular Hbond substituents is 1. The number of halogens is 1. The highest BCUT2D eigenvalue weighted by atomic mass is 19.1. The van der Waals surface area contributed by atoms with Crippen molar-refractivity contribution in [3.63, 3.8) is 0 Å². The van der Waals surface area contributed by atoms with Crippen LogP contribution in [0.15, 0.2) is 71.8 Å². The number of rotatable bonds is 5. The van der Waals surface area contributed by atoms with Crippen molar-refractivity contribution in [1.82, 2.24) is 5.43 Å². The number of carbonyl (C=O) groups excluding carboxylic acids is 1. The number of carboxylic acid groups (broad SMARTS) is 1. The monoisotopic (exact) mass is 434 g/mol. The number of aromatic carboxylic acids is 1. The van der Waals surface area contributed by atoms with Crippen LogP contribution in [0.2, 0.25) is 0 Å². The Kier molecular flexibility index (Phi) is 5.57. The van der Waals surface area contributed by atoms with Crippen LogP contribution in [0, 0.1) is 5.82 Å². The molecule has 0 aromatic heterocycles. The van der Waals surface area contributed by atoms with Crippen molar-refractivity contribution in [2.75, 3.05) is 10.4 Å². The minimum Gasteiger partial charge on any atom is -0.505 e. The van der Waals surface area contributed by atoms with Crippen molar-refractivity contribution < 1.29 is 24.2 Å². The second-order valence-corrected chi connectivity index (χ2v) is 7.17. The van der Waals surface area contributed by atoms with Crippen LogP contribution >= 0.6 is 0 Å². The minimum absolute atomic E-state index is 0.0920. The highest BCUT2D eigenvalue weighted by Gasteiger charge is 2.35. The smallest absolute Gasteiger partial charge is 0.335 e. The molecule has 0 bridgehead atoms. The lowest BCUT2D eigenvalue weighted by Crippen LogP contribution is -2.36. The zero-order chi connectivity index (χ0) is 22.8. The molecule has 8 nitrogen and oxygen atoms in total. The number of aromatic hydroxyl groups is 1. The zero-order valence-electron chi connectivity index (χ0n) is 16.9. The van der Waals surface area contributed by atoms with Crippen LogP contribution in [0.4, 0.5) is 15.8 Å². The number of anilines is 2. The van der Waals surface area contributed by atoms with Crippen molar-refractivity contribution in [3.05, 3.63) is 78.1 Å². The molecule has 1 aliphatic rings. The number of amides is 1. The fourth-order valence-electron chi connectivity index (χ4n) is 3.37. The summed E-state index contributed by atoms with van der Waals surface area (Å²) in [5.41, 5.74) is 7.38. The van der Waals surface area contributed by atoms with Crippen molar-refractivity contribution >= 4 is 29.0 Å². The van der Waals surface area contributed by atoms with Gasteiger partial charge in [0, 0.05) is 5.56 Å². The number of carbonyl (C=O) groups is 2. The highest BCUT2D eigenvalue weighted by Crippen LogP contribution is 2.36. The lowest BCUT2D eigenvalue weighted by molar-refractivity contribution is -0.112. The average Bonchev–Trinajstić information content (AvgIpc) is 3.06. The number of nitrogens with zero attached hydrogens (tertiary/aromatic N) is 2. The molecule has 0 spiro atoms. The minimum atomic E-state index is -1.07. The van der Waals surface area contributed by atoms with Gasteiger partial charge in [-0.05, 0) is 48.9 Å². The number of carboxylic acids is 1. The molecule has 32 heavy (non-hydrogen) atoms. The van der Waals surface area contributed by atoms with Crippen molar-refractivity contribution in [2.24, 2.45) is 5.10 Å². The van der Waals surface area contributed by atoms with Crippen molar-refractivity contribution in [1.29, 1.82) is 0 Å². The fourth-order valence-corrected chi connectivity index (χ4v) is 3.37. The SMILES string of the molecule is CC1NN(c2cccc(F)c2)C(=O)C1=NNc1cccc(-c2cccc(C(=O)O)c2)c1O. The van der Waals surface area contributed by atoms with E-state index in [2.05, 4.69) is 16.0 Å². The molecular formula is C23H19FN4O4. The molecule has 1 amide bonds. The molecule has 0 saturated carbocycles. The predicted molar refractivity (Wildman–Crippen MR) is 118 cm³/mol. The summed E-state index contributed by atoms with van der Waals surface area (Å²) < 4.78 is 13.5. The molecule has 4 rings (SSSR count). The summed E-state index contributed by atoms with van der Waals surface area (Å²) >= 11 is 0. The molecule has 1 fully saturated rings. The van der Waals surface area contributed by atoms with Gasteiger partial charge in [-0.2, -0.15) is 5.10 Å². The largest absolute Gasteiger partial charge is 0.505 e. The van der Waals surface area contributed by atoms with E-state index in [1.54, 1.807) is 43.3 Å². The van der Waals surface area contributed by atoms with Gasteiger partial charge in [0.2, 0.25) is 0 Å². The number of hydrogen-bond donors (Lipinski definition) is 4. The van der Waals surface area contributed by atoms with E-state index in [-0.39, 0.29) is 22.7 Å². The maximum atomic E-state index is 13.5. The average molecular weight is 434 g/mol. The number of hydrazone groups is 1. The third-order valence-electron chi connectivity index (χ3n) is 4.97. The fraction of sp³-hybridized carbons (Fsp3) is 0.0870. The normalized spacial score (nSPS) is 17.1. The van der Waals surface area contributed by atoms with E-state index < -0.39 is 23.7 Å². The lowest BCUT2D eigenvalue weighted by Gasteiger charge is -2.15. The molecule has 1 unspecified atom stereocenters. The summed E-state index contributed by atoms with van der Waals surface area (Å²) in [5.74, 6) is -2.15. The lowest BCUT2D eigenvalue weighted by atomic mass is 10.0. The molecule has 1 heterocycles. The van der Waals surface area contributed by atoms with Gasteiger partial charge in [0.25, 0.3) is 5.91 Å². The highest BCUT2D eigenvalue weighted by molar-refractivity contribution is 6.47. The number of hydrazine groups is 1. The predicted octanol–water partition coefficient (Wildman–Crippen LogP) is 3.60. The van der Waals surface area contributed by atoms with Crippen molar-refractivity contribution in [3.8, 4) is 16.9 Å². The van der Waals surface area contributed by atoms with Gasteiger partial charge in [0.1, 0.15) is 17.3 Å². The van der Waals surface area contributed by atoms with Gasteiger partial charge >= 0.3 is 5.97 Å². The Labute approximate surface area is 182 Å². The van der Waals surface area contributed by atoms with Crippen molar-refractivity contribution in [2.45, 2.75) is 13.0 Å². The molecule has 162 valence electrons. The van der Waals surface area contributed by atoms with Crippen LogP contribution in [-0.2, 0) is 4.79 Å². The Hall–Kier alpha value is -4.24. The first-order chi connectivity index (χ1) is 15.3. The Morgan fingerprint density at radius 1 is 1.12 bits per heavy atom. The van der Waals surface area contributed by atoms with E-state index in [1.807, 2.05) is 0 Å². The number of phenols is 1. The molecule has 4 N–H and O–H groups in total. The summed E-state index contributed by atoms with van der Waals surface area (Å²) in [5, 5.41) is 25.3. The van der Waals surface area contributed by atoms with Crippen LogP contribution in [0.25, 0.3) is 11.1 Å². The Morgan fingerprint density at radius 2 is 1.88 bits per heavy atom. The molecular weight excluding hydrogens is 415 g/mol. The molecule has 3 aromatic carbocycles. The van der Waals surface area contributed by atoms with Gasteiger partial charge in [-0.15, -0.1) is 0 Å². The first-order valence-corrected chi connectivity index (χ1v) is 9.70. The van der Waals surface area contributed by atoms with E-state index in [0.29, 0.717) is 16.8 Å².